The second-order valence-electron chi connectivity index (χ2n) is 4.91. The summed E-state index contributed by atoms with van der Waals surface area (Å²) in [5.41, 5.74) is 1.47. The van der Waals surface area contributed by atoms with E-state index in [9.17, 15) is 0 Å². The number of aryl methyl sites for hydroxylation is 1. The fourth-order valence-corrected chi connectivity index (χ4v) is 2.83. The number of hydrogen-bond acceptors (Lipinski definition) is 2. The zero-order valence-corrected chi connectivity index (χ0v) is 11.9. The molecule has 1 aromatic carbocycles. The molecule has 17 heavy (non-hydrogen) atoms. The van der Waals surface area contributed by atoms with Crippen molar-refractivity contribution >= 4 is 24.2 Å². The van der Waals surface area contributed by atoms with Crippen LogP contribution in [-0.2, 0) is 6.42 Å². The molecule has 0 amide bonds. The van der Waals surface area contributed by atoms with Crippen LogP contribution in [0.15, 0.2) is 18.2 Å². The van der Waals surface area contributed by atoms with E-state index in [2.05, 4.69) is 19.6 Å². The largest absolute Gasteiger partial charge is 0.493 e. The van der Waals surface area contributed by atoms with Crippen molar-refractivity contribution in [3.63, 3.8) is 0 Å². The fourth-order valence-electron chi connectivity index (χ4n) is 2.17. The van der Waals surface area contributed by atoms with E-state index in [4.69, 9.17) is 16.3 Å². The van der Waals surface area contributed by atoms with Crippen LogP contribution in [0.3, 0.4) is 0 Å². The quantitative estimate of drug-likeness (QED) is 0.781. The molecular formula is C14H19ClOS. The minimum Gasteiger partial charge on any atom is -0.493 e. The van der Waals surface area contributed by atoms with Gasteiger partial charge in [0.2, 0.25) is 0 Å². The van der Waals surface area contributed by atoms with Crippen LogP contribution in [0.1, 0.15) is 31.7 Å². The van der Waals surface area contributed by atoms with E-state index >= 15 is 0 Å². The Labute approximate surface area is 114 Å². The summed E-state index contributed by atoms with van der Waals surface area (Å²) in [6.45, 7) is 2.88. The Kier molecular flexibility index (Phi) is 4.26. The lowest BCUT2D eigenvalue weighted by Crippen LogP contribution is -2.37. The van der Waals surface area contributed by atoms with Gasteiger partial charge in [-0.05, 0) is 48.8 Å². The first-order valence-electron chi connectivity index (χ1n) is 6.21. The SMILES string of the molecule is CCc1cc(OCC2(CS)CCC2)ccc1Cl. The van der Waals surface area contributed by atoms with Gasteiger partial charge in [0.05, 0.1) is 6.61 Å². The number of ether oxygens (including phenoxy) is 1. The van der Waals surface area contributed by atoms with Gasteiger partial charge in [-0.3, -0.25) is 0 Å². The standard InChI is InChI=1S/C14H19ClOS/c1-2-11-8-12(4-5-13(11)15)16-9-14(10-17)6-3-7-14/h4-5,8,17H,2-3,6-7,9-10H2,1H3. The Bertz CT molecular complexity index is 382. The number of hydrogen-bond donors (Lipinski definition) is 1. The molecule has 1 nitrogen and oxygen atoms in total. The first-order valence-corrected chi connectivity index (χ1v) is 7.22. The number of thiol groups is 1. The van der Waals surface area contributed by atoms with Crippen LogP contribution in [-0.4, -0.2) is 12.4 Å². The predicted molar refractivity (Wildman–Crippen MR) is 76.5 cm³/mol. The highest BCUT2D eigenvalue weighted by Crippen LogP contribution is 2.42. The van der Waals surface area contributed by atoms with Gasteiger partial charge in [-0.15, -0.1) is 0 Å². The summed E-state index contributed by atoms with van der Waals surface area (Å²) in [6.07, 6.45) is 4.73. The molecular weight excluding hydrogens is 252 g/mol. The zero-order chi connectivity index (χ0) is 12.3. The van der Waals surface area contributed by atoms with Gasteiger partial charge in [-0.1, -0.05) is 24.9 Å². The number of benzene rings is 1. The van der Waals surface area contributed by atoms with Crippen LogP contribution >= 0.6 is 24.2 Å². The molecule has 3 heteroatoms. The van der Waals surface area contributed by atoms with Gasteiger partial charge >= 0.3 is 0 Å². The Morgan fingerprint density at radius 3 is 2.71 bits per heavy atom. The molecule has 0 aliphatic heterocycles. The molecule has 0 saturated heterocycles. The Balaban J connectivity index is 1.99. The third-order valence-corrected chi connectivity index (χ3v) is 4.73. The maximum Gasteiger partial charge on any atom is 0.119 e. The molecule has 1 aromatic rings. The van der Waals surface area contributed by atoms with E-state index in [1.807, 2.05) is 18.2 Å². The lowest BCUT2D eigenvalue weighted by Gasteiger charge is -2.40. The minimum absolute atomic E-state index is 0.315. The molecule has 1 saturated carbocycles. The van der Waals surface area contributed by atoms with E-state index < -0.39 is 0 Å². The highest BCUT2D eigenvalue weighted by molar-refractivity contribution is 7.80. The van der Waals surface area contributed by atoms with Crippen LogP contribution in [0.2, 0.25) is 5.02 Å². The molecule has 0 N–H and O–H groups in total. The van der Waals surface area contributed by atoms with Gasteiger partial charge in [-0.25, -0.2) is 0 Å². The normalized spacial score (nSPS) is 17.6. The monoisotopic (exact) mass is 270 g/mol. The molecule has 2 rings (SSSR count). The third-order valence-electron chi connectivity index (χ3n) is 3.69. The summed E-state index contributed by atoms with van der Waals surface area (Å²) in [5, 5.41) is 0.826. The molecule has 0 bridgehead atoms. The molecule has 0 spiro atoms. The van der Waals surface area contributed by atoms with E-state index in [0.29, 0.717) is 5.41 Å². The Hall–Kier alpha value is -0.340. The second kappa shape index (κ2) is 5.53. The molecule has 0 radical (unpaired) electrons. The van der Waals surface area contributed by atoms with Crippen molar-refractivity contribution < 1.29 is 4.74 Å². The molecule has 0 aromatic heterocycles. The number of halogens is 1. The van der Waals surface area contributed by atoms with Gasteiger partial charge in [0, 0.05) is 10.4 Å². The maximum absolute atomic E-state index is 6.08. The summed E-state index contributed by atoms with van der Waals surface area (Å²) in [4.78, 5) is 0. The average Bonchev–Trinajstić information content (AvgIpc) is 2.30. The average molecular weight is 271 g/mol. The molecule has 1 aliphatic carbocycles. The highest BCUT2D eigenvalue weighted by Gasteiger charge is 2.36. The third kappa shape index (κ3) is 2.92. The van der Waals surface area contributed by atoms with Crippen LogP contribution in [0.4, 0.5) is 0 Å². The second-order valence-corrected chi connectivity index (χ2v) is 5.63. The molecule has 94 valence electrons. The van der Waals surface area contributed by atoms with Crippen LogP contribution in [0.25, 0.3) is 0 Å². The van der Waals surface area contributed by atoms with Crippen LogP contribution < -0.4 is 4.74 Å². The van der Waals surface area contributed by atoms with Crippen LogP contribution in [0.5, 0.6) is 5.75 Å². The van der Waals surface area contributed by atoms with Crippen molar-refractivity contribution in [2.75, 3.05) is 12.4 Å². The maximum atomic E-state index is 6.08. The van der Waals surface area contributed by atoms with Gasteiger partial charge in [0.25, 0.3) is 0 Å². The van der Waals surface area contributed by atoms with E-state index in [1.54, 1.807) is 0 Å². The zero-order valence-electron chi connectivity index (χ0n) is 10.2. The fraction of sp³-hybridized carbons (Fsp3) is 0.571. The van der Waals surface area contributed by atoms with Crippen molar-refractivity contribution in [2.24, 2.45) is 5.41 Å². The number of rotatable bonds is 5. The Morgan fingerprint density at radius 2 is 2.18 bits per heavy atom. The summed E-state index contributed by atoms with van der Waals surface area (Å²) in [6, 6.07) is 5.92. The smallest absolute Gasteiger partial charge is 0.119 e. The van der Waals surface area contributed by atoms with Crippen molar-refractivity contribution in [3.8, 4) is 5.75 Å². The summed E-state index contributed by atoms with van der Waals surface area (Å²) in [5.74, 6) is 1.85. The molecule has 0 unspecified atom stereocenters. The predicted octanol–water partition coefficient (Wildman–Crippen LogP) is 4.38. The molecule has 1 aliphatic rings. The van der Waals surface area contributed by atoms with Crippen molar-refractivity contribution in [1.82, 2.24) is 0 Å². The molecule has 1 fully saturated rings. The van der Waals surface area contributed by atoms with E-state index in [0.717, 1.165) is 35.1 Å². The van der Waals surface area contributed by atoms with Crippen molar-refractivity contribution in [2.45, 2.75) is 32.6 Å². The molecule has 0 atom stereocenters. The highest BCUT2D eigenvalue weighted by atomic mass is 35.5. The van der Waals surface area contributed by atoms with Crippen molar-refractivity contribution in [3.05, 3.63) is 28.8 Å². The summed E-state index contributed by atoms with van der Waals surface area (Å²) < 4.78 is 5.89. The van der Waals surface area contributed by atoms with Crippen molar-refractivity contribution in [1.29, 1.82) is 0 Å². The first-order chi connectivity index (χ1) is 8.19. The minimum atomic E-state index is 0.315. The summed E-state index contributed by atoms with van der Waals surface area (Å²) >= 11 is 10.5. The van der Waals surface area contributed by atoms with Gasteiger partial charge in [-0.2, -0.15) is 12.6 Å². The lowest BCUT2D eigenvalue weighted by atomic mass is 9.71. The lowest BCUT2D eigenvalue weighted by molar-refractivity contribution is 0.0829. The van der Waals surface area contributed by atoms with Crippen LogP contribution in [0, 0.1) is 5.41 Å². The van der Waals surface area contributed by atoms with E-state index in [1.165, 1.54) is 19.3 Å². The van der Waals surface area contributed by atoms with Gasteiger partial charge in [0.1, 0.15) is 5.75 Å². The van der Waals surface area contributed by atoms with Gasteiger partial charge in [0.15, 0.2) is 0 Å². The molecule has 0 heterocycles. The first kappa shape index (κ1) is 13.1. The Morgan fingerprint density at radius 1 is 1.41 bits per heavy atom. The van der Waals surface area contributed by atoms with Gasteiger partial charge < -0.3 is 4.74 Å². The summed E-state index contributed by atoms with van der Waals surface area (Å²) in [7, 11) is 0. The topological polar surface area (TPSA) is 9.23 Å². The van der Waals surface area contributed by atoms with E-state index in [-0.39, 0.29) is 0 Å².